The molecule has 1 aliphatic carbocycles. The largest absolute Gasteiger partial charge is 0.497 e. The molecule has 5 aromatic rings. The molecule has 3 heterocycles. The second-order valence-electron chi connectivity index (χ2n) is 11.9. The van der Waals surface area contributed by atoms with E-state index in [9.17, 15) is 14.4 Å². The number of Topliss-reactive ketones (excluding diaryl/α,β-unsaturated/α-hetero) is 2. The molecular formula is C36H32ClN3O8. The van der Waals surface area contributed by atoms with Gasteiger partial charge in [0.15, 0.2) is 5.75 Å². The van der Waals surface area contributed by atoms with Gasteiger partial charge >= 0.3 is 0 Å². The zero-order valence-electron chi connectivity index (χ0n) is 26.9. The third kappa shape index (κ3) is 4.71. The van der Waals surface area contributed by atoms with Crippen LogP contribution in [0.25, 0.3) is 22.4 Å². The number of ketones is 2. The third-order valence-corrected chi connectivity index (χ3v) is 9.49. The van der Waals surface area contributed by atoms with Gasteiger partial charge in [0.05, 0.1) is 50.4 Å². The van der Waals surface area contributed by atoms with E-state index < -0.39 is 29.1 Å². The Morgan fingerprint density at radius 2 is 1.75 bits per heavy atom. The fourth-order valence-corrected chi connectivity index (χ4v) is 6.94. The second kappa shape index (κ2) is 11.7. The summed E-state index contributed by atoms with van der Waals surface area (Å²) in [6, 6.07) is 15.7. The summed E-state index contributed by atoms with van der Waals surface area (Å²) in [6.07, 6.45) is -0.0436. The number of imidazole rings is 1. The van der Waals surface area contributed by atoms with Crippen molar-refractivity contribution in [3.8, 4) is 34.3 Å². The number of carbonyl (C=O) groups excluding carboxylic acids is 3. The summed E-state index contributed by atoms with van der Waals surface area (Å²) < 4.78 is 28.9. The van der Waals surface area contributed by atoms with Gasteiger partial charge in [0.25, 0.3) is 0 Å². The zero-order chi connectivity index (χ0) is 33.9. The van der Waals surface area contributed by atoms with Gasteiger partial charge in [-0.15, -0.1) is 0 Å². The molecule has 3 atom stereocenters. The highest BCUT2D eigenvalue weighted by Crippen LogP contribution is 2.54. The van der Waals surface area contributed by atoms with Gasteiger partial charge in [-0.3, -0.25) is 14.4 Å². The smallest absolute Gasteiger partial charge is 0.237 e. The number of hydrogen-bond acceptors (Lipinski definition) is 9. The van der Waals surface area contributed by atoms with Crippen LogP contribution in [-0.4, -0.2) is 54.4 Å². The van der Waals surface area contributed by atoms with E-state index in [1.165, 1.54) is 20.3 Å². The molecule has 3 aromatic carbocycles. The molecule has 48 heavy (non-hydrogen) atoms. The minimum Gasteiger partial charge on any atom is -0.497 e. The molecule has 0 saturated heterocycles. The van der Waals surface area contributed by atoms with Gasteiger partial charge in [-0.25, -0.2) is 4.98 Å². The first-order chi connectivity index (χ1) is 23.1. The summed E-state index contributed by atoms with van der Waals surface area (Å²) in [7, 11) is 4.40. The van der Waals surface area contributed by atoms with Crippen molar-refractivity contribution in [1.29, 1.82) is 0 Å². The molecule has 11 nitrogen and oxygen atoms in total. The standard InChI is InChI=1S/C36H32ClN3O8/c1-17-14-25-28(33(42)36(17)34(43)29-24(45-4)16-26(46-5)30(37)32(29)48-36)21(31(47-25)19-10-12-20(44-3)13-11-19)15-27(41)38-18(2)35-39-22-8-6-7-9-23(22)40-35/h6-13,16-18H,14-15H2,1-5H3,(H,38,41)(H,39,40). The highest BCUT2D eigenvalue weighted by molar-refractivity contribution is 6.36. The average Bonchev–Trinajstić information content (AvgIpc) is 3.77. The Balaban J connectivity index is 1.30. The third-order valence-electron chi connectivity index (χ3n) is 9.13. The first-order valence-corrected chi connectivity index (χ1v) is 15.7. The molecule has 0 saturated carbocycles. The van der Waals surface area contributed by atoms with Crippen molar-refractivity contribution in [2.75, 3.05) is 21.3 Å². The van der Waals surface area contributed by atoms with Crippen molar-refractivity contribution in [3.05, 3.63) is 87.9 Å². The van der Waals surface area contributed by atoms with Crippen LogP contribution >= 0.6 is 11.6 Å². The number of nitrogens with zero attached hydrogens (tertiary/aromatic N) is 1. The van der Waals surface area contributed by atoms with Crippen LogP contribution in [0, 0.1) is 5.92 Å². The van der Waals surface area contributed by atoms with Crippen LogP contribution in [0.15, 0.2) is 59.0 Å². The number of nitrogens with one attached hydrogen (secondary N) is 2. The quantitative estimate of drug-likeness (QED) is 0.182. The molecular weight excluding hydrogens is 638 g/mol. The number of halogens is 1. The van der Waals surface area contributed by atoms with E-state index >= 15 is 0 Å². The van der Waals surface area contributed by atoms with Gasteiger partial charge in [0.2, 0.25) is 23.1 Å². The molecule has 0 bridgehead atoms. The average molecular weight is 670 g/mol. The van der Waals surface area contributed by atoms with Crippen LogP contribution in [0.4, 0.5) is 0 Å². The summed E-state index contributed by atoms with van der Waals surface area (Å²) in [5, 5.41) is 3.04. The molecule has 12 heteroatoms. The first-order valence-electron chi connectivity index (χ1n) is 15.4. The molecule has 3 unspecified atom stereocenters. The Morgan fingerprint density at radius 1 is 1.04 bits per heavy atom. The van der Waals surface area contributed by atoms with Crippen molar-refractivity contribution >= 4 is 40.1 Å². The van der Waals surface area contributed by atoms with Crippen molar-refractivity contribution in [2.24, 2.45) is 5.92 Å². The highest BCUT2D eigenvalue weighted by Gasteiger charge is 2.63. The van der Waals surface area contributed by atoms with Gasteiger partial charge in [-0.05, 0) is 43.3 Å². The van der Waals surface area contributed by atoms with Crippen LogP contribution in [0.1, 0.15) is 57.8 Å². The number of amides is 1. The maximum Gasteiger partial charge on any atom is 0.237 e. The number of fused-ring (bicyclic) bond motifs is 3. The van der Waals surface area contributed by atoms with Crippen LogP contribution in [0.5, 0.6) is 23.0 Å². The van der Waals surface area contributed by atoms with Crippen LogP contribution in [-0.2, 0) is 17.6 Å². The van der Waals surface area contributed by atoms with E-state index in [1.54, 1.807) is 38.3 Å². The molecule has 1 amide bonds. The predicted octanol–water partition coefficient (Wildman–Crippen LogP) is 6.31. The lowest BCUT2D eigenvalue weighted by molar-refractivity contribution is -0.121. The maximum absolute atomic E-state index is 14.8. The maximum atomic E-state index is 14.8. The number of aromatic amines is 1. The Labute approximate surface area is 280 Å². The van der Waals surface area contributed by atoms with E-state index in [1.807, 2.05) is 31.2 Å². The van der Waals surface area contributed by atoms with Crippen molar-refractivity contribution in [3.63, 3.8) is 0 Å². The minimum absolute atomic E-state index is 0.0133. The van der Waals surface area contributed by atoms with Crippen molar-refractivity contribution in [1.82, 2.24) is 15.3 Å². The normalized spacial score (nSPS) is 18.8. The highest BCUT2D eigenvalue weighted by atomic mass is 35.5. The molecule has 7 rings (SSSR count). The number of furan rings is 1. The fourth-order valence-electron chi connectivity index (χ4n) is 6.68. The van der Waals surface area contributed by atoms with E-state index in [2.05, 4.69) is 15.3 Å². The fraction of sp³-hybridized carbons (Fsp3) is 0.278. The summed E-state index contributed by atoms with van der Waals surface area (Å²) in [6.45, 7) is 3.57. The number of H-pyrrole nitrogens is 1. The molecule has 2 aromatic heterocycles. The Hall–Kier alpha value is -5.29. The second-order valence-corrected chi connectivity index (χ2v) is 12.3. The first kappa shape index (κ1) is 31.3. The molecule has 2 N–H and O–H groups in total. The van der Waals surface area contributed by atoms with Gasteiger partial charge in [0, 0.05) is 29.5 Å². The topological polar surface area (TPSA) is 142 Å². The molecule has 0 radical (unpaired) electrons. The number of ether oxygens (including phenoxy) is 4. The number of aromatic nitrogens is 2. The lowest BCUT2D eigenvalue weighted by atomic mass is 9.70. The number of hydrogen-bond donors (Lipinski definition) is 2. The molecule has 2 aliphatic rings. The van der Waals surface area contributed by atoms with Gasteiger partial charge in [-0.1, -0.05) is 30.7 Å². The van der Waals surface area contributed by atoms with Gasteiger partial charge in [-0.2, -0.15) is 0 Å². The van der Waals surface area contributed by atoms with Gasteiger partial charge in [0.1, 0.15) is 45.2 Å². The molecule has 1 aliphatic heterocycles. The Kier molecular flexibility index (Phi) is 7.66. The lowest BCUT2D eigenvalue weighted by Crippen LogP contribution is -2.56. The molecule has 246 valence electrons. The zero-order valence-corrected chi connectivity index (χ0v) is 27.6. The monoisotopic (exact) mass is 669 g/mol. The molecule has 0 fully saturated rings. The Bertz CT molecular complexity index is 2080. The van der Waals surface area contributed by atoms with Crippen molar-refractivity contribution in [2.45, 2.75) is 38.3 Å². The number of para-hydroxylation sites is 2. The van der Waals surface area contributed by atoms with Gasteiger partial charge < -0.3 is 33.7 Å². The van der Waals surface area contributed by atoms with E-state index in [0.717, 1.165) is 11.0 Å². The number of carbonyl (C=O) groups is 3. The minimum atomic E-state index is -1.97. The molecule has 1 spiro atoms. The Morgan fingerprint density at radius 3 is 2.44 bits per heavy atom. The van der Waals surface area contributed by atoms with Crippen LogP contribution in [0.2, 0.25) is 5.02 Å². The van der Waals surface area contributed by atoms with Crippen LogP contribution in [0.3, 0.4) is 0 Å². The SMILES string of the molecule is COc1ccc(-c2oc3c(c2CC(=O)NC(C)c2nc4ccccc4[nH]2)C(=O)C2(Oc4c(Cl)c(OC)cc(OC)c4C2=O)C(C)C3)cc1. The van der Waals surface area contributed by atoms with Crippen LogP contribution < -0.4 is 24.3 Å². The van der Waals surface area contributed by atoms with E-state index in [-0.39, 0.29) is 52.1 Å². The van der Waals surface area contributed by atoms with E-state index in [0.29, 0.717) is 34.2 Å². The number of methoxy groups -OCH3 is 3. The number of benzene rings is 3. The number of rotatable bonds is 8. The predicted molar refractivity (Wildman–Crippen MR) is 176 cm³/mol. The summed E-state index contributed by atoms with van der Waals surface area (Å²) in [4.78, 5) is 50.7. The van der Waals surface area contributed by atoms with E-state index in [4.69, 9.17) is 35.0 Å². The lowest BCUT2D eigenvalue weighted by Gasteiger charge is -2.35. The van der Waals surface area contributed by atoms with Crippen molar-refractivity contribution < 1.29 is 37.7 Å². The summed E-state index contributed by atoms with van der Waals surface area (Å²) >= 11 is 6.62. The summed E-state index contributed by atoms with van der Waals surface area (Å²) in [5.41, 5.74) is 0.820. The summed E-state index contributed by atoms with van der Waals surface area (Å²) in [5.74, 6) is 0.0930.